The highest BCUT2D eigenvalue weighted by molar-refractivity contribution is 5.94. The van der Waals surface area contributed by atoms with Crippen molar-refractivity contribution in [2.24, 2.45) is 11.1 Å². The van der Waals surface area contributed by atoms with Crippen LogP contribution in [-0.4, -0.2) is 58.9 Å². The van der Waals surface area contributed by atoms with Crippen LogP contribution in [0.4, 0.5) is 0 Å². The highest BCUT2D eigenvalue weighted by atomic mass is 16.3. The molecule has 4 N–H and O–H groups in total. The van der Waals surface area contributed by atoms with Gasteiger partial charge in [-0.15, -0.1) is 0 Å². The number of likely N-dealkylation sites (tertiary alicyclic amines) is 1. The number of Topliss-reactive ketones (excluding diaryl/α,β-unsaturated/α-hetero) is 1. The summed E-state index contributed by atoms with van der Waals surface area (Å²) in [5.74, 6) is -0.511. The number of benzene rings is 2. The molecule has 1 aliphatic heterocycles. The molecule has 0 aliphatic carbocycles. The molecule has 2 aromatic rings. The Hall–Kier alpha value is -2.77. The molecule has 0 bridgehead atoms. The number of ketones is 1. The molecule has 34 heavy (non-hydrogen) atoms. The molecule has 1 saturated heterocycles. The lowest BCUT2D eigenvalue weighted by Gasteiger charge is -2.31. The summed E-state index contributed by atoms with van der Waals surface area (Å²) < 4.78 is 0. The van der Waals surface area contributed by atoms with Crippen molar-refractivity contribution < 1.29 is 19.5 Å². The van der Waals surface area contributed by atoms with Crippen LogP contribution in [0.25, 0.3) is 10.8 Å². The minimum absolute atomic E-state index is 0.0615. The van der Waals surface area contributed by atoms with Gasteiger partial charge in [-0.1, -0.05) is 63.2 Å². The van der Waals surface area contributed by atoms with Gasteiger partial charge in [0.05, 0.1) is 12.1 Å². The first kappa shape index (κ1) is 25.8. The molecule has 0 saturated carbocycles. The van der Waals surface area contributed by atoms with Gasteiger partial charge < -0.3 is 21.1 Å². The number of hydrogen-bond acceptors (Lipinski definition) is 5. The Balaban J connectivity index is 1.78. The molecule has 0 aromatic heterocycles. The molecule has 0 radical (unpaired) electrons. The van der Waals surface area contributed by atoms with E-state index in [1.54, 1.807) is 4.90 Å². The number of carbonyl (C=O) groups is 3. The van der Waals surface area contributed by atoms with Crippen LogP contribution in [0.5, 0.6) is 0 Å². The van der Waals surface area contributed by atoms with E-state index in [9.17, 15) is 19.5 Å². The van der Waals surface area contributed by atoms with Gasteiger partial charge in [0.2, 0.25) is 11.8 Å². The lowest BCUT2D eigenvalue weighted by atomic mass is 9.94. The van der Waals surface area contributed by atoms with E-state index in [1.165, 1.54) is 0 Å². The van der Waals surface area contributed by atoms with E-state index in [2.05, 4.69) is 5.32 Å². The number of fused-ring (bicyclic) bond motifs is 1. The Labute approximate surface area is 201 Å². The van der Waals surface area contributed by atoms with Crippen LogP contribution >= 0.6 is 0 Å². The van der Waals surface area contributed by atoms with Crippen LogP contribution in [0.2, 0.25) is 0 Å². The molecule has 3 rings (SSSR count). The van der Waals surface area contributed by atoms with Crippen molar-refractivity contribution in [3.63, 3.8) is 0 Å². The third kappa shape index (κ3) is 6.42. The number of aliphatic hydroxyl groups excluding tert-OH is 1. The lowest BCUT2D eigenvalue weighted by molar-refractivity contribution is -0.145. The second-order valence-electron chi connectivity index (χ2n) is 10.2. The van der Waals surface area contributed by atoms with Gasteiger partial charge >= 0.3 is 0 Å². The molecule has 184 valence electrons. The van der Waals surface area contributed by atoms with Gasteiger partial charge in [0, 0.05) is 24.9 Å². The maximum atomic E-state index is 13.3. The van der Waals surface area contributed by atoms with E-state index in [1.807, 2.05) is 63.2 Å². The molecule has 7 heteroatoms. The van der Waals surface area contributed by atoms with Crippen molar-refractivity contribution in [2.75, 3.05) is 13.1 Å². The summed E-state index contributed by atoms with van der Waals surface area (Å²) in [6.07, 6.45) is 1.29. The van der Waals surface area contributed by atoms with Crippen molar-refractivity contribution in [3.8, 4) is 0 Å². The summed E-state index contributed by atoms with van der Waals surface area (Å²) in [5, 5.41) is 14.9. The number of carbonyl (C=O) groups excluding carboxylic acids is 3. The predicted octanol–water partition coefficient (Wildman–Crippen LogP) is 2.57. The van der Waals surface area contributed by atoms with Crippen LogP contribution in [0, 0.1) is 5.41 Å². The van der Waals surface area contributed by atoms with Crippen LogP contribution < -0.4 is 11.1 Å². The Morgan fingerprint density at radius 2 is 1.85 bits per heavy atom. The van der Waals surface area contributed by atoms with Gasteiger partial charge in [-0.05, 0) is 42.0 Å². The number of rotatable bonds is 9. The topological polar surface area (TPSA) is 113 Å². The number of amides is 2. The molecular formula is C27H37N3O4. The van der Waals surface area contributed by atoms with Crippen LogP contribution in [0.15, 0.2) is 42.5 Å². The predicted molar refractivity (Wildman–Crippen MR) is 133 cm³/mol. The minimum atomic E-state index is -0.754. The second-order valence-corrected chi connectivity index (χ2v) is 10.2. The zero-order valence-electron chi connectivity index (χ0n) is 20.4. The lowest BCUT2D eigenvalue weighted by Crippen LogP contribution is -2.53. The average molecular weight is 468 g/mol. The zero-order valence-corrected chi connectivity index (χ0v) is 20.4. The third-order valence-corrected chi connectivity index (χ3v) is 6.41. The first-order valence-corrected chi connectivity index (χ1v) is 12.1. The molecule has 7 nitrogen and oxygen atoms in total. The third-order valence-electron chi connectivity index (χ3n) is 6.41. The van der Waals surface area contributed by atoms with E-state index in [4.69, 9.17) is 5.73 Å². The Morgan fingerprint density at radius 1 is 1.15 bits per heavy atom. The van der Waals surface area contributed by atoms with Gasteiger partial charge in [-0.2, -0.15) is 0 Å². The van der Waals surface area contributed by atoms with Crippen LogP contribution in [0.1, 0.15) is 52.0 Å². The summed E-state index contributed by atoms with van der Waals surface area (Å²) in [6, 6.07) is 12.7. The van der Waals surface area contributed by atoms with Gasteiger partial charge in [0.15, 0.2) is 5.78 Å². The van der Waals surface area contributed by atoms with Gasteiger partial charge in [0.25, 0.3) is 0 Å². The highest BCUT2D eigenvalue weighted by Crippen LogP contribution is 2.26. The number of nitrogens with two attached hydrogens (primary N) is 1. The number of nitrogens with zero attached hydrogens (tertiary/aromatic N) is 1. The van der Waals surface area contributed by atoms with Crippen molar-refractivity contribution in [2.45, 2.75) is 71.1 Å². The van der Waals surface area contributed by atoms with Gasteiger partial charge in [0.1, 0.15) is 6.04 Å². The first-order chi connectivity index (χ1) is 16.1. The van der Waals surface area contributed by atoms with E-state index in [0.717, 1.165) is 22.8 Å². The maximum Gasteiger partial charge on any atom is 0.243 e. The molecule has 1 aliphatic rings. The largest absolute Gasteiger partial charge is 0.392 e. The fraction of sp³-hybridized carbons (Fsp3) is 0.519. The normalized spacial score (nSPS) is 18.0. The zero-order chi connectivity index (χ0) is 24.9. The van der Waals surface area contributed by atoms with E-state index < -0.39 is 23.6 Å². The Morgan fingerprint density at radius 3 is 2.53 bits per heavy atom. The standard InChI is InChI=1S/C27H37N3O4/c1-27(2,3)26(34)30-14-6-9-23(30)25(33)29-22(24(32)13-12-21(31)17-28)16-18-10-11-19-7-4-5-8-20(19)15-18/h4-5,7-8,10-11,15,21-23,31H,6,9,12-14,16-17,28H2,1-3H3,(H,29,33)/t21?,22-,23?/m1/s1. The van der Waals surface area contributed by atoms with Crippen molar-refractivity contribution >= 4 is 28.4 Å². The first-order valence-electron chi connectivity index (χ1n) is 12.1. The molecule has 1 heterocycles. The van der Waals surface area contributed by atoms with Crippen molar-refractivity contribution in [3.05, 3.63) is 48.0 Å². The SMILES string of the molecule is CC(C)(C)C(=O)N1CCCC1C(=O)N[C@H](Cc1ccc2ccccc2c1)C(=O)CCC(O)CN. The fourth-order valence-corrected chi connectivity index (χ4v) is 4.43. The molecule has 2 aromatic carbocycles. The monoisotopic (exact) mass is 467 g/mol. The van der Waals surface area contributed by atoms with Crippen molar-refractivity contribution in [1.82, 2.24) is 10.2 Å². The average Bonchev–Trinajstić information content (AvgIpc) is 3.30. The molecule has 1 fully saturated rings. The number of hydrogen-bond donors (Lipinski definition) is 3. The Bertz CT molecular complexity index is 1030. The highest BCUT2D eigenvalue weighted by Gasteiger charge is 2.39. The summed E-state index contributed by atoms with van der Waals surface area (Å²) >= 11 is 0. The molecule has 0 spiro atoms. The summed E-state index contributed by atoms with van der Waals surface area (Å²) in [7, 11) is 0. The van der Waals surface area contributed by atoms with Crippen LogP contribution in [-0.2, 0) is 20.8 Å². The summed E-state index contributed by atoms with van der Waals surface area (Å²) in [4.78, 5) is 40.9. The minimum Gasteiger partial charge on any atom is -0.392 e. The molecule has 3 atom stereocenters. The molecular weight excluding hydrogens is 430 g/mol. The molecule has 2 amide bonds. The summed E-state index contributed by atoms with van der Waals surface area (Å²) in [5.41, 5.74) is 5.84. The number of nitrogens with one attached hydrogen (secondary N) is 1. The molecule has 2 unspecified atom stereocenters. The van der Waals surface area contributed by atoms with Gasteiger partial charge in [-0.25, -0.2) is 0 Å². The fourth-order valence-electron chi connectivity index (χ4n) is 4.43. The quantitative estimate of drug-likeness (QED) is 0.525. The smallest absolute Gasteiger partial charge is 0.243 e. The van der Waals surface area contributed by atoms with E-state index >= 15 is 0 Å². The van der Waals surface area contributed by atoms with Gasteiger partial charge in [-0.3, -0.25) is 14.4 Å². The second kappa shape index (κ2) is 11.1. The summed E-state index contributed by atoms with van der Waals surface area (Å²) in [6.45, 7) is 6.16. The van der Waals surface area contributed by atoms with Crippen molar-refractivity contribution in [1.29, 1.82) is 0 Å². The number of aliphatic hydroxyl groups is 1. The van der Waals surface area contributed by atoms with E-state index in [-0.39, 0.29) is 37.0 Å². The maximum absolute atomic E-state index is 13.3. The van der Waals surface area contributed by atoms with E-state index in [0.29, 0.717) is 19.4 Å². The Kier molecular flexibility index (Phi) is 8.44. The van der Waals surface area contributed by atoms with Crippen LogP contribution in [0.3, 0.4) is 0 Å².